The average Bonchev–Trinajstić information content (AvgIpc) is 2.03. The van der Waals surface area contributed by atoms with E-state index in [1.54, 1.807) is 0 Å². The monoisotopic (exact) mass is 172 g/mol. The van der Waals surface area contributed by atoms with Crippen molar-refractivity contribution in [1.29, 1.82) is 5.26 Å². The highest BCUT2D eigenvalue weighted by atomic mass is 14.5. The number of benzene rings is 1. The van der Waals surface area contributed by atoms with E-state index in [1.807, 2.05) is 18.2 Å². The van der Waals surface area contributed by atoms with Gasteiger partial charge in [0.05, 0.1) is 12.0 Å². The molecule has 0 radical (unpaired) electrons. The molecular weight excluding hydrogens is 160 g/mol. The lowest BCUT2D eigenvalue weighted by molar-refractivity contribution is 0.325. The standard InChI is InChI=1S/C11H12N2/c12-7-9-4-5-11(9)8-2-1-3-10(13)6-8/h1-3,6,9,11H,4-5,13H2/t9-,11+/m0/s1. The third kappa shape index (κ3) is 1.38. The summed E-state index contributed by atoms with van der Waals surface area (Å²) in [5.74, 6) is 0.635. The van der Waals surface area contributed by atoms with Crippen LogP contribution >= 0.6 is 0 Å². The maximum Gasteiger partial charge on any atom is 0.0662 e. The van der Waals surface area contributed by atoms with Gasteiger partial charge in [-0.05, 0) is 36.5 Å². The van der Waals surface area contributed by atoms with Crippen molar-refractivity contribution >= 4 is 5.69 Å². The SMILES string of the molecule is N#C[C@@H]1CC[C@@H]1c1cccc(N)c1. The second kappa shape index (κ2) is 3.10. The summed E-state index contributed by atoms with van der Waals surface area (Å²) in [7, 11) is 0. The summed E-state index contributed by atoms with van der Waals surface area (Å²) in [6.45, 7) is 0. The minimum Gasteiger partial charge on any atom is -0.399 e. The molecule has 13 heavy (non-hydrogen) atoms. The van der Waals surface area contributed by atoms with E-state index in [0.29, 0.717) is 5.92 Å². The molecular formula is C11H12N2. The van der Waals surface area contributed by atoms with Crippen LogP contribution in [0.1, 0.15) is 24.3 Å². The zero-order valence-electron chi connectivity index (χ0n) is 7.40. The molecule has 2 atom stereocenters. The Balaban J connectivity index is 2.22. The lowest BCUT2D eigenvalue weighted by Crippen LogP contribution is -2.22. The third-order valence-corrected chi connectivity index (χ3v) is 2.78. The van der Waals surface area contributed by atoms with Gasteiger partial charge in [0.1, 0.15) is 0 Å². The molecule has 2 rings (SSSR count). The molecule has 0 amide bonds. The quantitative estimate of drug-likeness (QED) is 0.661. The molecule has 2 N–H and O–H groups in total. The molecule has 1 aliphatic rings. The molecule has 0 saturated heterocycles. The normalized spacial score (nSPS) is 26.1. The minimum atomic E-state index is 0.210. The number of rotatable bonds is 1. The first kappa shape index (κ1) is 8.12. The Kier molecular flexibility index (Phi) is 1.94. The molecule has 0 bridgehead atoms. The van der Waals surface area contributed by atoms with Crippen molar-refractivity contribution in [2.75, 3.05) is 5.73 Å². The van der Waals surface area contributed by atoms with E-state index in [1.165, 1.54) is 5.56 Å². The second-order valence-corrected chi connectivity index (χ2v) is 3.59. The Morgan fingerprint density at radius 2 is 2.23 bits per heavy atom. The number of anilines is 1. The van der Waals surface area contributed by atoms with Crippen molar-refractivity contribution in [3.63, 3.8) is 0 Å². The molecule has 1 aromatic carbocycles. The first-order valence-corrected chi connectivity index (χ1v) is 4.56. The number of nitriles is 1. The van der Waals surface area contributed by atoms with Crippen LogP contribution in [0, 0.1) is 17.2 Å². The van der Waals surface area contributed by atoms with E-state index >= 15 is 0 Å². The van der Waals surface area contributed by atoms with E-state index < -0.39 is 0 Å². The zero-order chi connectivity index (χ0) is 9.26. The Hall–Kier alpha value is -1.49. The lowest BCUT2D eigenvalue weighted by Gasteiger charge is -2.31. The first-order valence-electron chi connectivity index (χ1n) is 4.56. The Labute approximate surface area is 78.0 Å². The van der Waals surface area contributed by atoms with Crippen molar-refractivity contribution in [2.24, 2.45) is 5.92 Å². The van der Waals surface area contributed by atoms with Gasteiger partial charge < -0.3 is 5.73 Å². The summed E-state index contributed by atoms with van der Waals surface area (Å²) >= 11 is 0. The summed E-state index contributed by atoms with van der Waals surface area (Å²) in [6, 6.07) is 10.2. The average molecular weight is 172 g/mol. The molecule has 0 spiro atoms. The lowest BCUT2D eigenvalue weighted by atomic mass is 9.71. The van der Waals surface area contributed by atoms with Gasteiger partial charge in [-0.1, -0.05) is 12.1 Å². The van der Waals surface area contributed by atoms with Crippen LogP contribution in [0.2, 0.25) is 0 Å². The number of nitrogens with zero attached hydrogens (tertiary/aromatic N) is 1. The van der Waals surface area contributed by atoms with E-state index in [0.717, 1.165) is 18.5 Å². The van der Waals surface area contributed by atoms with E-state index in [2.05, 4.69) is 12.1 Å². The van der Waals surface area contributed by atoms with Crippen molar-refractivity contribution in [3.8, 4) is 6.07 Å². The van der Waals surface area contributed by atoms with Gasteiger partial charge >= 0.3 is 0 Å². The minimum absolute atomic E-state index is 0.210. The highest BCUT2D eigenvalue weighted by Crippen LogP contribution is 2.42. The Morgan fingerprint density at radius 3 is 2.77 bits per heavy atom. The molecule has 0 aromatic heterocycles. The maximum absolute atomic E-state index is 8.81. The second-order valence-electron chi connectivity index (χ2n) is 3.59. The largest absolute Gasteiger partial charge is 0.399 e. The molecule has 0 heterocycles. The number of hydrogen-bond acceptors (Lipinski definition) is 2. The van der Waals surface area contributed by atoms with Crippen molar-refractivity contribution in [1.82, 2.24) is 0 Å². The molecule has 1 saturated carbocycles. The fraction of sp³-hybridized carbons (Fsp3) is 0.364. The van der Waals surface area contributed by atoms with Gasteiger partial charge in [0.2, 0.25) is 0 Å². The van der Waals surface area contributed by atoms with Crippen molar-refractivity contribution < 1.29 is 0 Å². The first-order chi connectivity index (χ1) is 6.31. The van der Waals surface area contributed by atoms with E-state index in [4.69, 9.17) is 11.0 Å². The number of nitrogen functional groups attached to an aromatic ring is 1. The van der Waals surface area contributed by atoms with Gasteiger partial charge in [0, 0.05) is 5.69 Å². The molecule has 0 unspecified atom stereocenters. The summed E-state index contributed by atoms with van der Waals surface area (Å²) in [5, 5.41) is 8.81. The van der Waals surface area contributed by atoms with Crippen LogP contribution in [-0.4, -0.2) is 0 Å². The Bertz CT molecular complexity index is 351. The van der Waals surface area contributed by atoms with Crippen LogP contribution in [0.25, 0.3) is 0 Å². The topological polar surface area (TPSA) is 49.8 Å². The molecule has 1 aliphatic carbocycles. The van der Waals surface area contributed by atoms with Gasteiger partial charge in [-0.2, -0.15) is 5.26 Å². The van der Waals surface area contributed by atoms with Gasteiger partial charge in [0.25, 0.3) is 0 Å². The van der Waals surface area contributed by atoms with Crippen LogP contribution in [0.4, 0.5) is 5.69 Å². The highest BCUT2D eigenvalue weighted by Gasteiger charge is 2.31. The van der Waals surface area contributed by atoms with Crippen molar-refractivity contribution in [2.45, 2.75) is 18.8 Å². The van der Waals surface area contributed by atoms with Gasteiger partial charge in [-0.15, -0.1) is 0 Å². The van der Waals surface area contributed by atoms with E-state index in [9.17, 15) is 0 Å². The molecule has 1 aromatic rings. The van der Waals surface area contributed by atoms with Crippen molar-refractivity contribution in [3.05, 3.63) is 29.8 Å². The smallest absolute Gasteiger partial charge is 0.0662 e. The fourth-order valence-electron chi connectivity index (χ4n) is 1.84. The van der Waals surface area contributed by atoms with Crippen LogP contribution in [-0.2, 0) is 0 Å². The Morgan fingerprint density at radius 1 is 1.38 bits per heavy atom. The van der Waals surface area contributed by atoms with Crippen LogP contribution in [0.15, 0.2) is 24.3 Å². The van der Waals surface area contributed by atoms with Gasteiger partial charge in [-0.25, -0.2) is 0 Å². The predicted octanol–water partition coefficient (Wildman–Crippen LogP) is 2.29. The molecule has 2 nitrogen and oxygen atoms in total. The number of nitrogens with two attached hydrogens (primary N) is 1. The molecule has 0 aliphatic heterocycles. The van der Waals surface area contributed by atoms with Gasteiger partial charge in [0.15, 0.2) is 0 Å². The number of hydrogen-bond donors (Lipinski definition) is 1. The summed E-state index contributed by atoms with van der Waals surface area (Å²) < 4.78 is 0. The summed E-state index contributed by atoms with van der Waals surface area (Å²) in [4.78, 5) is 0. The highest BCUT2D eigenvalue weighted by molar-refractivity contribution is 5.42. The summed E-state index contributed by atoms with van der Waals surface area (Å²) in [6.07, 6.45) is 2.16. The predicted molar refractivity (Wildman–Crippen MR) is 51.9 cm³/mol. The molecule has 1 fully saturated rings. The molecule has 66 valence electrons. The third-order valence-electron chi connectivity index (χ3n) is 2.78. The fourth-order valence-corrected chi connectivity index (χ4v) is 1.84. The van der Waals surface area contributed by atoms with Gasteiger partial charge in [-0.3, -0.25) is 0 Å². The maximum atomic E-state index is 8.81. The van der Waals surface area contributed by atoms with E-state index in [-0.39, 0.29) is 5.92 Å². The molecule has 2 heteroatoms. The van der Waals surface area contributed by atoms with Crippen LogP contribution < -0.4 is 5.73 Å². The van der Waals surface area contributed by atoms with Crippen LogP contribution in [0.3, 0.4) is 0 Å². The summed E-state index contributed by atoms with van der Waals surface area (Å²) in [5.41, 5.74) is 7.69. The zero-order valence-corrected chi connectivity index (χ0v) is 7.40. The van der Waals surface area contributed by atoms with Crippen LogP contribution in [0.5, 0.6) is 0 Å².